The first-order chi connectivity index (χ1) is 6.79. The molecule has 14 heavy (non-hydrogen) atoms. The summed E-state index contributed by atoms with van der Waals surface area (Å²) in [6, 6.07) is 1.83. The van der Waals surface area contributed by atoms with Gasteiger partial charge in [-0.2, -0.15) is 5.10 Å². The fourth-order valence-corrected chi connectivity index (χ4v) is 1.83. The average Bonchev–Trinajstić information content (AvgIpc) is 2.56. The van der Waals surface area contributed by atoms with Gasteiger partial charge in [0.25, 0.3) is 0 Å². The Bertz CT molecular complexity index is 315. The van der Waals surface area contributed by atoms with Crippen LogP contribution >= 0.6 is 0 Å². The standard InChI is InChI=1S/C10H14N2O2/c1-2-14-9(13)10(5-3-6-10)12-8-4-7-11-12/h4,7-8H,2-3,5-6H2,1H3. The molecule has 1 saturated carbocycles. The van der Waals surface area contributed by atoms with Crippen molar-refractivity contribution in [2.45, 2.75) is 31.7 Å². The van der Waals surface area contributed by atoms with E-state index in [1.165, 1.54) is 0 Å². The second kappa shape index (κ2) is 3.44. The van der Waals surface area contributed by atoms with E-state index >= 15 is 0 Å². The predicted molar refractivity (Wildman–Crippen MR) is 50.7 cm³/mol. The van der Waals surface area contributed by atoms with Crippen LogP contribution in [-0.4, -0.2) is 22.4 Å². The van der Waals surface area contributed by atoms with Crippen molar-refractivity contribution in [3.8, 4) is 0 Å². The van der Waals surface area contributed by atoms with Crippen LogP contribution in [0.25, 0.3) is 0 Å². The Morgan fingerprint density at radius 1 is 1.64 bits per heavy atom. The molecule has 1 fully saturated rings. The van der Waals surface area contributed by atoms with Crippen LogP contribution in [-0.2, 0) is 15.1 Å². The number of carbonyl (C=O) groups excluding carboxylic acids is 1. The summed E-state index contributed by atoms with van der Waals surface area (Å²) in [5, 5.41) is 4.13. The molecule has 0 aromatic carbocycles. The molecule has 1 aliphatic rings. The Labute approximate surface area is 82.9 Å². The molecule has 0 N–H and O–H groups in total. The third-order valence-electron chi connectivity index (χ3n) is 2.78. The zero-order valence-corrected chi connectivity index (χ0v) is 8.27. The van der Waals surface area contributed by atoms with Gasteiger partial charge in [-0.25, -0.2) is 4.79 Å². The van der Waals surface area contributed by atoms with Gasteiger partial charge < -0.3 is 4.74 Å². The minimum absolute atomic E-state index is 0.144. The largest absolute Gasteiger partial charge is 0.464 e. The Hall–Kier alpha value is -1.32. The van der Waals surface area contributed by atoms with Gasteiger partial charge in [0, 0.05) is 12.4 Å². The van der Waals surface area contributed by atoms with Crippen molar-refractivity contribution in [1.29, 1.82) is 0 Å². The molecule has 1 aromatic heterocycles. The molecule has 0 bridgehead atoms. The van der Waals surface area contributed by atoms with Crippen molar-refractivity contribution >= 4 is 5.97 Å². The van der Waals surface area contributed by atoms with Gasteiger partial charge in [-0.3, -0.25) is 4.68 Å². The minimum Gasteiger partial charge on any atom is -0.464 e. The van der Waals surface area contributed by atoms with Gasteiger partial charge >= 0.3 is 5.97 Å². The molecule has 0 atom stereocenters. The molecule has 4 nitrogen and oxygen atoms in total. The summed E-state index contributed by atoms with van der Waals surface area (Å²) in [7, 11) is 0. The maximum Gasteiger partial charge on any atom is 0.334 e. The summed E-state index contributed by atoms with van der Waals surface area (Å²) < 4.78 is 6.80. The van der Waals surface area contributed by atoms with Crippen molar-refractivity contribution < 1.29 is 9.53 Å². The number of hydrogen-bond donors (Lipinski definition) is 0. The van der Waals surface area contributed by atoms with Crippen LogP contribution in [0.15, 0.2) is 18.5 Å². The van der Waals surface area contributed by atoms with E-state index in [1.807, 2.05) is 19.2 Å². The number of hydrogen-bond acceptors (Lipinski definition) is 3. The van der Waals surface area contributed by atoms with E-state index in [2.05, 4.69) is 5.10 Å². The van der Waals surface area contributed by atoms with E-state index < -0.39 is 5.54 Å². The molecular formula is C10H14N2O2. The van der Waals surface area contributed by atoms with E-state index in [1.54, 1.807) is 10.9 Å². The van der Waals surface area contributed by atoms with Crippen molar-refractivity contribution in [3.63, 3.8) is 0 Å². The van der Waals surface area contributed by atoms with Crippen LogP contribution in [0.4, 0.5) is 0 Å². The monoisotopic (exact) mass is 194 g/mol. The Balaban J connectivity index is 2.22. The average molecular weight is 194 g/mol. The van der Waals surface area contributed by atoms with Crippen molar-refractivity contribution in [1.82, 2.24) is 9.78 Å². The molecule has 76 valence electrons. The molecule has 0 amide bonds. The highest BCUT2D eigenvalue weighted by Gasteiger charge is 2.47. The van der Waals surface area contributed by atoms with Crippen LogP contribution in [0, 0.1) is 0 Å². The van der Waals surface area contributed by atoms with E-state index in [0.29, 0.717) is 6.61 Å². The number of esters is 1. The third-order valence-corrected chi connectivity index (χ3v) is 2.78. The number of nitrogens with zero attached hydrogens (tertiary/aromatic N) is 2. The third kappa shape index (κ3) is 1.22. The van der Waals surface area contributed by atoms with Gasteiger partial charge in [0.05, 0.1) is 6.61 Å². The molecule has 0 unspecified atom stereocenters. The van der Waals surface area contributed by atoms with E-state index in [-0.39, 0.29) is 5.97 Å². The van der Waals surface area contributed by atoms with Gasteiger partial charge in [-0.15, -0.1) is 0 Å². The zero-order chi connectivity index (χ0) is 10.0. The smallest absolute Gasteiger partial charge is 0.334 e. The lowest BCUT2D eigenvalue weighted by molar-refractivity contribution is -0.159. The highest BCUT2D eigenvalue weighted by Crippen LogP contribution is 2.39. The summed E-state index contributed by atoms with van der Waals surface area (Å²) in [4.78, 5) is 11.8. The first-order valence-corrected chi connectivity index (χ1v) is 4.97. The molecule has 0 saturated heterocycles. The SMILES string of the molecule is CCOC(=O)C1(n2cccn2)CCC1. The Morgan fingerprint density at radius 2 is 2.43 bits per heavy atom. The number of carbonyl (C=O) groups is 1. The van der Waals surface area contributed by atoms with Crippen LogP contribution in [0.2, 0.25) is 0 Å². The molecule has 1 aromatic rings. The number of rotatable bonds is 3. The Morgan fingerprint density at radius 3 is 2.86 bits per heavy atom. The molecular weight excluding hydrogens is 180 g/mol. The van der Waals surface area contributed by atoms with Crippen molar-refractivity contribution in [2.75, 3.05) is 6.61 Å². The lowest BCUT2D eigenvalue weighted by atomic mass is 9.77. The van der Waals surface area contributed by atoms with Crippen molar-refractivity contribution in [2.24, 2.45) is 0 Å². The molecule has 2 rings (SSSR count). The first kappa shape index (κ1) is 9.24. The molecule has 4 heteroatoms. The molecule has 0 radical (unpaired) electrons. The van der Waals surface area contributed by atoms with Gasteiger partial charge in [-0.1, -0.05) is 0 Å². The van der Waals surface area contributed by atoms with E-state index in [0.717, 1.165) is 19.3 Å². The van der Waals surface area contributed by atoms with Gasteiger partial charge in [0.15, 0.2) is 5.54 Å². The number of aromatic nitrogens is 2. The normalized spacial score (nSPS) is 18.6. The van der Waals surface area contributed by atoms with Gasteiger partial charge in [0.2, 0.25) is 0 Å². The van der Waals surface area contributed by atoms with Gasteiger partial charge in [0.1, 0.15) is 0 Å². The minimum atomic E-state index is -0.500. The fourth-order valence-electron chi connectivity index (χ4n) is 1.83. The maximum absolute atomic E-state index is 11.8. The van der Waals surface area contributed by atoms with Crippen LogP contribution in [0.3, 0.4) is 0 Å². The molecule has 0 aliphatic heterocycles. The quantitative estimate of drug-likeness (QED) is 0.682. The highest BCUT2D eigenvalue weighted by molar-refractivity contribution is 5.79. The Kier molecular flexibility index (Phi) is 2.27. The van der Waals surface area contributed by atoms with Crippen LogP contribution < -0.4 is 0 Å². The topological polar surface area (TPSA) is 44.1 Å². The zero-order valence-electron chi connectivity index (χ0n) is 8.27. The summed E-state index contributed by atoms with van der Waals surface area (Å²) in [5.41, 5.74) is -0.500. The highest BCUT2D eigenvalue weighted by atomic mass is 16.5. The molecule has 0 spiro atoms. The lowest BCUT2D eigenvalue weighted by Gasteiger charge is -2.39. The van der Waals surface area contributed by atoms with E-state index in [4.69, 9.17) is 4.74 Å². The van der Waals surface area contributed by atoms with Crippen LogP contribution in [0.5, 0.6) is 0 Å². The molecule has 1 aliphatic carbocycles. The van der Waals surface area contributed by atoms with Gasteiger partial charge in [-0.05, 0) is 32.3 Å². The first-order valence-electron chi connectivity index (χ1n) is 4.97. The fraction of sp³-hybridized carbons (Fsp3) is 0.600. The van der Waals surface area contributed by atoms with Crippen molar-refractivity contribution in [3.05, 3.63) is 18.5 Å². The summed E-state index contributed by atoms with van der Waals surface area (Å²) >= 11 is 0. The summed E-state index contributed by atoms with van der Waals surface area (Å²) in [6.07, 6.45) is 6.27. The lowest BCUT2D eigenvalue weighted by Crippen LogP contribution is -2.49. The molecule has 1 heterocycles. The maximum atomic E-state index is 11.8. The van der Waals surface area contributed by atoms with E-state index in [9.17, 15) is 4.79 Å². The summed E-state index contributed by atoms with van der Waals surface area (Å²) in [5.74, 6) is -0.144. The van der Waals surface area contributed by atoms with Crippen LogP contribution in [0.1, 0.15) is 26.2 Å². The second-order valence-electron chi connectivity index (χ2n) is 3.56. The summed E-state index contributed by atoms with van der Waals surface area (Å²) in [6.45, 7) is 2.26. The number of ether oxygens (including phenoxy) is 1. The predicted octanol–water partition coefficient (Wildman–Crippen LogP) is 1.33. The second-order valence-corrected chi connectivity index (χ2v) is 3.56.